The standard InChI is InChI=1S/C39H49N3O4/c1-25-35(23-42(3)26(2)31-8-5-4-6-9-31)45-37(46-36(25)32-14-12-27(24-43)13-15-32)33-10-7-11-34(19-33)40-38(44)41-39-20-28-16-29(21-39)18-30(17-28)22-39/h4-15,19,25-26,28-30,35-37,43H,16-18,20-24H2,1-3H3,(H2,40,41,44)/t25-,26+,28?,29?,30?,35+,36+,37+,39?/m1/s1. The van der Waals surface area contributed by atoms with Crippen LogP contribution in [0.5, 0.6) is 0 Å². The fraction of sp³-hybridized carbons (Fsp3) is 0.513. The van der Waals surface area contributed by atoms with Crippen LogP contribution in [-0.2, 0) is 16.1 Å². The zero-order valence-corrected chi connectivity index (χ0v) is 27.4. The van der Waals surface area contributed by atoms with E-state index in [0.717, 1.165) is 65.9 Å². The Morgan fingerprint density at radius 3 is 2.24 bits per heavy atom. The molecule has 0 aromatic heterocycles. The van der Waals surface area contributed by atoms with Crippen LogP contribution < -0.4 is 10.6 Å². The minimum atomic E-state index is -0.600. The highest BCUT2D eigenvalue weighted by atomic mass is 16.7. The van der Waals surface area contributed by atoms with Gasteiger partial charge in [0.2, 0.25) is 0 Å². The van der Waals surface area contributed by atoms with Gasteiger partial charge >= 0.3 is 6.03 Å². The molecule has 5 atom stereocenters. The first kappa shape index (κ1) is 31.4. The third-order valence-electron chi connectivity index (χ3n) is 11.4. The number of carbonyl (C=O) groups is 1. The van der Waals surface area contributed by atoms with Gasteiger partial charge in [-0.05, 0) is 99.1 Å². The summed E-state index contributed by atoms with van der Waals surface area (Å²) in [5.74, 6) is 2.39. The number of aliphatic hydroxyl groups is 1. The van der Waals surface area contributed by atoms with Crippen molar-refractivity contribution in [2.24, 2.45) is 23.7 Å². The first-order chi connectivity index (χ1) is 22.3. The maximum absolute atomic E-state index is 13.4. The topological polar surface area (TPSA) is 83.1 Å². The van der Waals surface area contributed by atoms with Gasteiger partial charge in [-0.3, -0.25) is 4.90 Å². The Morgan fingerprint density at radius 2 is 1.59 bits per heavy atom. The molecular formula is C39H49N3O4. The molecule has 4 bridgehead atoms. The van der Waals surface area contributed by atoms with Crippen molar-refractivity contribution in [3.05, 3.63) is 101 Å². The van der Waals surface area contributed by atoms with E-state index in [1.165, 1.54) is 24.8 Å². The highest BCUT2D eigenvalue weighted by Gasteiger charge is 2.51. The van der Waals surface area contributed by atoms with Crippen molar-refractivity contribution < 1.29 is 19.4 Å². The van der Waals surface area contributed by atoms with Gasteiger partial charge < -0.3 is 25.2 Å². The van der Waals surface area contributed by atoms with Crippen LogP contribution in [0, 0.1) is 23.7 Å². The number of carbonyl (C=O) groups excluding carboxylic acids is 1. The van der Waals surface area contributed by atoms with Gasteiger partial charge in [0, 0.05) is 35.3 Å². The molecule has 0 radical (unpaired) electrons. The van der Waals surface area contributed by atoms with E-state index in [2.05, 4.69) is 72.8 Å². The summed E-state index contributed by atoms with van der Waals surface area (Å²) in [5, 5.41) is 16.2. The van der Waals surface area contributed by atoms with Gasteiger partial charge in [0.05, 0.1) is 18.8 Å². The van der Waals surface area contributed by atoms with E-state index in [9.17, 15) is 9.90 Å². The first-order valence-corrected chi connectivity index (χ1v) is 17.2. The van der Waals surface area contributed by atoms with E-state index >= 15 is 0 Å². The molecule has 3 aromatic carbocycles. The lowest BCUT2D eigenvalue weighted by atomic mass is 9.53. The molecule has 5 fully saturated rings. The van der Waals surface area contributed by atoms with Crippen molar-refractivity contribution in [1.29, 1.82) is 0 Å². The number of amides is 2. The Hall–Kier alpha value is -3.23. The van der Waals surface area contributed by atoms with E-state index in [1.807, 2.05) is 42.5 Å². The molecule has 2 amide bonds. The Kier molecular flexibility index (Phi) is 8.94. The predicted molar refractivity (Wildman–Crippen MR) is 180 cm³/mol. The number of anilines is 1. The van der Waals surface area contributed by atoms with Crippen LogP contribution in [0.25, 0.3) is 0 Å². The molecule has 1 aliphatic heterocycles. The first-order valence-electron chi connectivity index (χ1n) is 17.2. The summed E-state index contributed by atoms with van der Waals surface area (Å²) < 4.78 is 13.5. The van der Waals surface area contributed by atoms with Gasteiger partial charge in [-0.2, -0.15) is 0 Å². The average Bonchev–Trinajstić information content (AvgIpc) is 3.05. The van der Waals surface area contributed by atoms with Crippen LogP contribution in [0.1, 0.15) is 93.1 Å². The normalized spacial score (nSPS) is 32.3. The quantitative estimate of drug-likeness (QED) is 0.227. The van der Waals surface area contributed by atoms with Gasteiger partial charge in [0.25, 0.3) is 0 Å². The molecule has 1 heterocycles. The molecule has 7 nitrogen and oxygen atoms in total. The number of aliphatic hydroxyl groups excluding tert-OH is 1. The number of urea groups is 1. The van der Waals surface area contributed by atoms with Crippen molar-refractivity contribution >= 4 is 11.7 Å². The minimum Gasteiger partial charge on any atom is -0.392 e. The Labute approximate surface area is 273 Å². The molecule has 1 saturated heterocycles. The van der Waals surface area contributed by atoms with Crippen LogP contribution in [0.2, 0.25) is 0 Å². The van der Waals surface area contributed by atoms with Crippen LogP contribution in [-0.4, -0.2) is 41.3 Å². The fourth-order valence-electron chi connectivity index (χ4n) is 9.19. The number of likely N-dealkylation sites (N-methyl/N-ethyl adjacent to an activating group) is 1. The smallest absolute Gasteiger partial charge is 0.319 e. The van der Waals surface area contributed by atoms with Crippen LogP contribution in [0.4, 0.5) is 10.5 Å². The zero-order valence-electron chi connectivity index (χ0n) is 27.4. The van der Waals surface area contributed by atoms with Crippen molar-refractivity contribution in [3.63, 3.8) is 0 Å². The van der Waals surface area contributed by atoms with Gasteiger partial charge in [-0.25, -0.2) is 4.79 Å². The van der Waals surface area contributed by atoms with E-state index in [4.69, 9.17) is 9.47 Å². The second-order valence-corrected chi connectivity index (χ2v) is 14.8. The minimum absolute atomic E-state index is 0.00806. The predicted octanol–water partition coefficient (Wildman–Crippen LogP) is 7.75. The molecule has 46 heavy (non-hydrogen) atoms. The second kappa shape index (κ2) is 13.1. The summed E-state index contributed by atoms with van der Waals surface area (Å²) in [7, 11) is 2.15. The molecule has 5 aliphatic rings. The highest BCUT2D eigenvalue weighted by Crippen LogP contribution is 2.55. The third kappa shape index (κ3) is 6.61. The van der Waals surface area contributed by atoms with Crippen LogP contribution in [0.15, 0.2) is 78.9 Å². The van der Waals surface area contributed by atoms with Gasteiger partial charge in [0.1, 0.15) is 0 Å². The number of rotatable bonds is 9. The summed E-state index contributed by atoms with van der Waals surface area (Å²) in [6, 6.07) is 26.6. The zero-order chi connectivity index (χ0) is 31.8. The Balaban J connectivity index is 1.08. The summed E-state index contributed by atoms with van der Waals surface area (Å²) in [5.41, 5.74) is 4.77. The third-order valence-corrected chi connectivity index (χ3v) is 11.4. The summed E-state index contributed by atoms with van der Waals surface area (Å²) in [6.07, 6.45) is 6.49. The molecule has 0 unspecified atom stereocenters. The van der Waals surface area contributed by atoms with Crippen molar-refractivity contribution in [3.8, 4) is 0 Å². The van der Waals surface area contributed by atoms with Gasteiger partial charge in [-0.15, -0.1) is 0 Å². The summed E-state index contributed by atoms with van der Waals surface area (Å²) in [6.45, 7) is 5.16. The van der Waals surface area contributed by atoms with E-state index < -0.39 is 6.29 Å². The Morgan fingerprint density at radius 1 is 0.913 bits per heavy atom. The highest BCUT2D eigenvalue weighted by molar-refractivity contribution is 5.90. The van der Waals surface area contributed by atoms with Gasteiger partial charge in [-0.1, -0.05) is 73.7 Å². The number of ether oxygens (including phenoxy) is 2. The SMILES string of the molecule is C[C@@H]1[C@H](CN(C)[C@@H](C)c2ccccc2)O[C@H](c2cccc(NC(=O)NC34CC5CC(CC(C5)C3)C4)c2)O[C@@H]1c1ccc(CO)cc1. The maximum atomic E-state index is 13.4. The average molecular weight is 624 g/mol. The number of hydrogen-bond donors (Lipinski definition) is 3. The van der Waals surface area contributed by atoms with Crippen molar-refractivity contribution in [2.45, 2.75) is 89.1 Å². The molecule has 3 N–H and O–H groups in total. The van der Waals surface area contributed by atoms with E-state index in [1.54, 1.807) is 0 Å². The lowest BCUT2D eigenvalue weighted by Crippen LogP contribution is -2.60. The van der Waals surface area contributed by atoms with Crippen LogP contribution >= 0.6 is 0 Å². The fourth-order valence-corrected chi connectivity index (χ4v) is 9.19. The molecule has 7 heteroatoms. The molecule has 4 aliphatic carbocycles. The largest absolute Gasteiger partial charge is 0.392 e. The van der Waals surface area contributed by atoms with Crippen molar-refractivity contribution in [2.75, 3.05) is 18.9 Å². The number of hydrogen-bond acceptors (Lipinski definition) is 5. The molecule has 3 aromatic rings. The number of nitrogens with zero attached hydrogens (tertiary/aromatic N) is 1. The monoisotopic (exact) mass is 623 g/mol. The van der Waals surface area contributed by atoms with E-state index in [0.29, 0.717) is 0 Å². The lowest BCUT2D eigenvalue weighted by molar-refractivity contribution is -0.276. The van der Waals surface area contributed by atoms with Crippen molar-refractivity contribution in [1.82, 2.24) is 10.2 Å². The summed E-state index contributed by atoms with van der Waals surface area (Å²) in [4.78, 5) is 15.7. The molecule has 8 rings (SSSR count). The Bertz CT molecular complexity index is 1460. The molecular weight excluding hydrogens is 574 g/mol. The van der Waals surface area contributed by atoms with Gasteiger partial charge in [0.15, 0.2) is 6.29 Å². The lowest BCUT2D eigenvalue weighted by Gasteiger charge is -2.56. The molecule has 0 spiro atoms. The second-order valence-electron chi connectivity index (χ2n) is 14.8. The molecule has 4 saturated carbocycles. The van der Waals surface area contributed by atoms with E-state index in [-0.39, 0.29) is 42.3 Å². The maximum Gasteiger partial charge on any atom is 0.319 e. The van der Waals surface area contributed by atoms with Crippen LogP contribution in [0.3, 0.4) is 0 Å². The summed E-state index contributed by atoms with van der Waals surface area (Å²) >= 11 is 0. The number of nitrogens with one attached hydrogen (secondary N) is 2. The molecule has 244 valence electrons. The number of benzene rings is 3.